The highest BCUT2D eigenvalue weighted by Crippen LogP contribution is 2.27. The first kappa shape index (κ1) is 30.5. The second kappa shape index (κ2) is 13.9. The number of ether oxygens (including phenoxy) is 2. The molecule has 10 nitrogen and oxygen atoms in total. The molecule has 1 amide bonds. The summed E-state index contributed by atoms with van der Waals surface area (Å²) >= 11 is 2.15. The van der Waals surface area contributed by atoms with Gasteiger partial charge in [-0.15, -0.1) is 0 Å². The number of methoxy groups -OCH3 is 1. The van der Waals surface area contributed by atoms with Crippen LogP contribution in [0, 0.1) is 13.8 Å². The average Bonchev–Trinajstić information content (AvgIpc) is 2.89. The molecule has 210 valence electrons. The monoisotopic (exact) mass is 659 g/mol. The van der Waals surface area contributed by atoms with E-state index in [1.165, 1.54) is 11.4 Å². The predicted molar refractivity (Wildman–Crippen MR) is 156 cm³/mol. The normalized spacial score (nSPS) is 14.7. The maximum Gasteiger partial charge on any atom is 0.249 e. The Morgan fingerprint density at radius 2 is 1.79 bits per heavy atom. The van der Waals surface area contributed by atoms with E-state index in [9.17, 15) is 13.2 Å². The van der Waals surface area contributed by atoms with Crippen molar-refractivity contribution in [2.75, 3.05) is 76.6 Å². The van der Waals surface area contributed by atoms with Crippen LogP contribution in [0.4, 0.5) is 5.82 Å². The molecule has 1 aromatic carbocycles. The summed E-state index contributed by atoms with van der Waals surface area (Å²) < 4.78 is 38.8. The van der Waals surface area contributed by atoms with E-state index in [2.05, 4.69) is 44.4 Å². The molecule has 0 atom stereocenters. The summed E-state index contributed by atoms with van der Waals surface area (Å²) in [5.74, 6) is 1.41. The van der Waals surface area contributed by atoms with Gasteiger partial charge in [0.05, 0.1) is 23.2 Å². The second-order valence-corrected chi connectivity index (χ2v) is 12.2. The van der Waals surface area contributed by atoms with Crippen LogP contribution in [-0.4, -0.2) is 105 Å². The third kappa shape index (κ3) is 7.78. The van der Waals surface area contributed by atoms with Gasteiger partial charge in [0.1, 0.15) is 18.2 Å². The van der Waals surface area contributed by atoms with Gasteiger partial charge in [0.2, 0.25) is 15.9 Å². The van der Waals surface area contributed by atoms with Crippen LogP contribution >= 0.6 is 22.6 Å². The molecule has 0 spiro atoms. The van der Waals surface area contributed by atoms with Crippen molar-refractivity contribution in [3.05, 3.63) is 47.2 Å². The number of hydrogen-bond acceptors (Lipinski definition) is 8. The van der Waals surface area contributed by atoms with Crippen LogP contribution in [0.5, 0.6) is 5.75 Å². The molecule has 0 aliphatic carbocycles. The largest absolute Gasteiger partial charge is 0.497 e. The van der Waals surface area contributed by atoms with Crippen LogP contribution in [-0.2, 0) is 26.1 Å². The molecule has 38 heavy (non-hydrogen) atoms. The van der Waals surface area contributed by atoms with Crippen molar-refractivity contribution in [2.45, 2.75) is 25.3 Å². The van der Waals surface area contributed by atoms with Gasteiger partial charge in [0.25, 0.3) is 0 Å². The van der Waals surface area contributed by atoms with E-state index in [1.807, 2.05) is 18.3 Å². The number of amides is 1. The molecule has 0 radical (unpaired) electrons. The van der Waals surface area contributed by atoms with Gasteiger partial charge >= 0.3 is 0 Å². The number of alkyl halides is 1. The van der Waals surface area contributed by atoms with Gasteiger partial charge in [-0.25, -0.2) is 13.4 Å². The Morgan fingerprint density at radius 1 is 1.13 bits per heavy atom. The lowest BCUT2D eigenvalue weighted by atomic mass is 10.1. The first-order valence-electron chi connectivity index (χ1n) is 12.5. The lowest BCUT2D eigenvalue weighted by Gasteiger charge is -2.33. The summed E-state index contributed by atoms with van der Waals surface area (Å²) in [6.07, 6.45) is 1.82. The fraction of sp³-hybridized carbons (Fsp3) is 0.538. The molecule has 0 N–H and O–H groups in total. The number of aromatic nitrogens is 1. The molecular weight excluding hydrogens is 621 g/mol. The number of sulfonamides is 1. The number of carbonyl (C=O) groups is 1. The SMILES string of the molecule is COc1cc(C)c(S(=O)(=O)N(C)CCOCC(=O)N(CI)Cc2ccc(N3CCN(C)CC3)nc2)c(C)c1. The quantitative estimate of drug-likeness (QED) is 0.149. The third-order valence-corrected chi connectivity index (χ3v) is 9.61. The van der Waals surface area contributed by atoms with Crippen molar-refractivity contribution in [1.82, 2.24) is 19.1 Å². The number of likely N-dealkylation sites (N-methyl/N-ethyl adjacent to an activating group) is 2. The topological polar surface area (TPSA) is 95.5 Å². The van der Waals surface area contributed by atoms with E-state index in [4.69, 9.17) is 9.47 Å². The highest BCUT2D eigenvalue weighted by molar-refractivity contribution is 14.1. The van der Waals surface area contributed by atoms with Gasteiger partial charge in [-0.3, -0.25) is 4.79 Å². The summed E-state index contributed by atoms with van der Waals surface area (Å²) in [6.45, 7) is 7.98. The van der Waals surface area contributed by atoms with Crippen LogP contribution in [0.25, 0.3) is 0 Å². The summed E-state index contributed by atoms with van der Waals surface area (Å²) in [6, 6.07) is 7.43. The smallest absolute Gasteiger partial charge is 0.249 e. The van der Waals surface area contributed by atoms with Gasteiger partial charge in [-0.05, 0) is 55.8 Å². The summed E-state index contributed by atoms with van der Waals surface area (Å²) in [5, 5.41) is 0. The molecule has 0 bridgehead atoms. The Balaban J connectivity index is 1.48. The van der Waals surface area contributed by atoms with Crippen LogP contribution in [0.1, 0.15) is 16.7 Å². The zero-order valence-corrected chi connectivity index (χ0v) is 25.8. The molecule has 1 aromatic heterocycles. The average molecular weight is 660 g/mol. The molecule has 1 aliphatic rings. The molecule has 3 rings (SSSR count). The highest BCUT2D eigenvalue weighted by atomic mass is 127. The maximum absolute atomic E-state index is 13.1. The summed E-state index contributed by atoms with van der Waals surface area (Å²) in [7, 11) is 1.47. The Hall–Kier alpha value is -2.00. The molecule has 1 saturated heterocycles. The Bertz CT molecular complexity index is 1160. The molecule has 0 unspecified atom stereocenters. The first-order valence-corrected chi connectivity index (χ1v) is 15.4. The number of pyridine rings is 1. The van der Waals surface area contributed by atoms with Crippen molar-refractivity contribution < 1.29 is 22.7 Å². The van der Waals surface area contributed by atoms with Crippen molar-refractivity contribution in [3.8, 4) is 5.75 Å². The summed E-state index contributed by atoms with van der Waals surface area (Å²) in [5.41, 5.74) is 2.19. The number of rotatable bonds is 12. The zero-order valence-electron chi connectivity index (χ0n) is 22.8. The number of benzene rings is 1. The molecule has 2 aromatic rings. The third-order valence-electron chi connectivity index (χ3n) is 6.62. The molecule has 2 heterocycles. The number of carbonyl (C=O) groups excluding carboxylic acids is 1. The van der Waals surface area contributed by atoms with E-state index in [1.54, 1.807) is 38.0 Å². The van der Waals surface area contributed by atoms with E-state index in [0.29, 0.717) is 28.0 Å². The van der Waals surface area contributed by atoms with Crippen LogP contribution in [0.2, 0.25) is 0 Å². The molecule has 12 heteroatoms. The van der Waals surface area contributed by atoms with Crippen molar-refractivity contribution in [3.63, 3.8) is 0 Å². The van der Waals surface area contributed by atoms with E-state index in [0.717, 1.165) is 37.6 Å². The number of aryl methyl sites for hydroxylation is 2. The predicted octanol–water partition coefficient (Wildman–Crippen LogP) is 2.52. The fourth-order valence-corrected chi connectivity index (χ4v) is 6.49. The molecule has 1 fully saturated rings. The van der Waals surface area contributed by atoms with E-state index in [-0.39, 0.29) is 30.6 Å². The fourth-order valence-electron chi connectivity index (χ4n) is 4.31. The van der Waals surface area contributed by atoms with Crippen molar-refractivity contribution >= 4 is 44.3 Å². The van der Waals surface area contributed by atoms with E-state index >= 15 is 0 Å². The number of hydrogen-bond donors (Lipinski definition) is 0. The minimum Gasteiger partial charge on any atom is -0.497 e. The second-order valence-electron chi connectivity index (χ2n) is 9.50. The van der Waals surface area contributed by atoms with Crippen LogP contribution in [0.3, 0.4) is 0 Å². The number of halogens is 1. The van der Waals surface area contributed by atoms with Crippen molar-refractivity contribution in [2.24, 2.45) is 0 Å². The summed E-state index contributed by atoms with van der Waals surface area (Å²) in [4.78, 5) is 23.9. The Kier molecular flexibility index (Phi) is 11.2. The number of nitrogens with zero attached hydrogens (tertiary/aromatic N) is 5. The van der Waals surface area contributed by atoms with Crippen LogP contribution < -0.4 is 9.64 Å². The molecule has 0 saturated carbocycles. The minimum absolute atomic E-state index is 0.103. The minimum atomic E-state index is -3.71. The first-order chi connectivity index (χ1) is 18.1. The van der Waals surface area contributed by atoms with Gasteiger partial charge in [0.15, 0.2) is 0 Å². The number of anilines is 1. The van der Waals surface area contributed by atoms with E-state index < -0.39 is 10.0 Å². The number of piperazine rings is 1. The van der Waals surface area contributed by atoms with Gasteiger partial charge in [-0.2, -0.15) is 4.31 Å². The van der Waals surface area contributed by atoms with Gasteiger partial charge in [0, 0.05) is 52.5 Å². The Morgan fingerprint density at radius 3 is 2.34 bits per heavy atom. The standard InChI is InChI=1S/C26H38IN5O5S/c1-20-14-23(36-5)15-21(2)26(20)38(34,35)30(4)12-13-37-18-25(33)32(19-27)17-22-6-7-24(28-16-22)31-10-8-29(3)9-11-31/h6-7,14-16H,8-13,17-19H2,1-5H3. The highest BCUT2D eigenvalue weighted by Gasteiger charge is 2.25. The Labute approximate surface area is 240 Å². The molecular formula is C26H38IN5O5S. The molecule has 1 aliphatic heterocycles. The van der Waals surface area contributed by atoms with Gasteiger partial charge in [-0.1, -0.05) is 28.7 Å². The van der Waals surface area contributed by atoms with Crippen LogP contribution in [0.15, 0.2) is 35.4 Å². The maximum atomic E-state index is 13.1. The lowest BCUT2D eigenvalue weighted by Crippen LogP contribution is -2.44. The lowest BCUT2D eigenvalue weighted by molar-refractivity contribution is -0.135. The van der Waals surface area contributed by atoms with Gasteiger partial charge < -0.3 is 24.2 Å². The van der Waals surface area contributed by atoms with Crippen molar-refractivity contribution in [1.29, 1.82) is 0 Å². The zero-order chi connectivity index (χ0) is 27.9.